The molecular weight excluding hydrogens is 220 g/mol. The van der Waals surface area contributed by atoms with Crippen LogP contribution in [-0.4, -0.2) is 37.6 Å². The third-order valence-corrected chi connectivity index (χ3v) is 5.11. The lowest BCUT2D eigenvalue weighted by molar-refractivity contribution is 0.171. The van der Waals surface area contributed by atoms with Crippen molar-refractivity contribution in [3.63, 3.8) is 0 Å². The van der Waals surface area contributed by atoms with Crippen molar-refractivity contribution in [3.8, 4) is 0 Å². The Morgan fingerprint density at radius 3 is 2.67 bits per heavy atom. The average Bonchev–Trinajstić information content (AvgIpc) is 2.51. The molecule has 0 amide bonds. The maximum atomic E-state index is 3.54. The second-order valence-electron chi connectivity index (χ2n) is 7.40. The highest BCUT2D eigenvalue weighted by Crippen LogP contribution is 2.35. The first kappa shape index (κ1) is 14.3. The maximum absolute atomic E-state index is 3.54. The highest BCUT2D eigenvalue weighted by molar-refractivity contribution is 4.82. The van der Waals surface area contributed by atoms with Crippen LogP contribution >= 0.6 is 0 Å². The van der Waals surface area contributed by atoms with Gasteiger partial charge in [0, 0.05) is 12.6 Å². The molecule has 1 saturated carbocycles. The summed E-state index contributed by atoms with van der Waals surface area (Å²) in [4.78, 5) is 2.67. The van der Waals surface area contributed by atoms with Gasteiger partial charge in [-0.25, -0.2) is 0 Å². The molecule has 0 bridgehead atoms. The van der Waals surface area contributed by atoms with Gasteiger partial charge < -0.3 is 10.2 Å². The van der Waals surface area contributed by atoms with E-state index in [-0.39, 0.29) is 0 Å². The molecule has 0 aromatic carbocycles. The molecule has 2 atom stereocenters. The molecule has 1 aliphatic heterocycles. The van der Waals surface area contributed by atoms with Crippen molar-refractivity contribution < 1.29 is 0 Å². The van der Waals surface area contributed by atoms with E-state index >= 15 is 0 Å². The summed E-state index contributed by atoms with van der Waals surface area (Å²) in [6, 6.07) is 0.841. The monoisotopic (exact) mass is 252 g/mol. The van der Waals surface area contributed by atoms with Crippen molar-refractivity contribution in [2.75, 3.05) is 26.7 Å². The van der Waals surface area contributed by atoms with E-state index in [1.807, 2.05) is 0 Å². The Labute approximate surface area is 114 Å². The van der Waals surface area contributed by atoms with Crippen LogP contribution in [0.5, 0.6) is 0 Å². The predicted octanol–water partition coefficient (Wildman–Crippen LogP) is 3.28. The molecule has 2 unspecified atom stereocenters. The molecule has 1 heterocycles. The second kappa shape index (κ2) is 6.38. The molecule has 0 spiro atoms. The van der Waals surface area contributed by atoms with Gasteiger partial charge in [-0.1, -0.05) is 20.3 Å². The SMILES string of the molecule is CN(CC1CCCNC1)C1CCCC(C)(C)CC1. The molecule has 2 rings (SSSR count). The van der Waals surface area contributed by atoms with Crippen LogP contribution in [0.1, 0.15) is 58.8 Å². The molecule has 106 valence electrons. The molecule has 0 aromatic heterocycles. The van der Waals surface area contributed by atoms with Crippen LogP contribution < -0.4 is 5.32 Å². The molecule has 1 aliphatic carbocycles. The zero-order chi connectivity index (χ0) is 13.0. The normalized spacial score (nSPS) is 33.3. The Morgan fingerprint density at radius 2 is 1.94 bits per heavy atom. The second-order valence-corrected chi connectivity index (χ2v) is 7.40. The van der Waals surface area contributed by atoms with Gasteiger partial charge in [0.25, 0.3) is 0 Å². The minimum Gasteiger partial charge on any atom is -0.316 e. The van der Waals surface area contributed by atoms with Crippen LogP contribution in [0.25, 0.3) is 0 Å². The summed E-state index contributed by atoms with van der Waals surface area (Å²) in [6.45, 7) is 8.67. The standard InChI is InChI=1S/C16H32N2/c1-16(2)9-4-7-15(8-10-16)18(3)13-14-6-5-11-17-12-14/h14-15,17H,4-13H2,1-3H3. The minimum absolute atomic E-state index is 0.585. The summed E-state index contributed by atoms with van der Waals surface area (Å²) in [5, 5.41) is 3.54. The van der Waals surface area contributed by atoms with Crippen LogP contribution in [0.3, 0.4) is 0 Å². The quantitative estimate of drug-likeness (QED) is 0.776. The summed E-state index contributed by atoms with van der Waals surface area (Å²) in [7, 11) is 2.36. The van der Waals surface area contributed by atoms with Crippen molar-refractivity contribution in [3.05, 3.63) is 0 Å². The summed E-state index contributed by atoms with van der Waals surface area (Å²) in [5.74, 6) is 0.889. The summed E-state index contributed by atoms with van der Waals surface area (Å²) < 4.78 is 0. The fraction of sp³-hybridized carbons (Fsp3) is 1.00. The van der Waals surface area contributed by atoms with Gasteiger partial charge in [-0.15, -0.1) is 0 Å². The molecule has 2 aliphatic rings. The fourth-order valence-corrected chi connectivity index (χ4v) is 3.72. The van der Waals surface area contributed by atoms with E-state index in [1.165, 1.54) is 64.6 Å². The first-order chi connectivity index (χ1) is 8.57. The topological polar surface area (TPSA) is 15.3 Å². The maximum Gasteiger partial charge on any atom is 0.00925 e. The lowest BCUT2D eigenvalue weighted by atomic mass is 9.85. The van der Waals surface area contributed by atoms with Crippen LogP contribution in [0.15, 0.2) is 0 Å². The molecule has 18 heavy (non-hydrogen) atoms. The number of nitrogens with one attached hydrogen (secondary N) is 1. The van der Waals surface area contributed by atoms with Crippen molar-refractivity contribution in [2.24, 2.45) is 11.3 Å². The molecular formula is C16H32N2. The third kappa shape index (κ3) is 4.24. The summed E-state index contributed by atoms with van der Waals surface area (Å²) in [6.07, 6.45) is 9.87. The van der Waals surface area contributed by atoms with Crippen LogP contribution in [0, 0.1) is 11.3 Å². The zero-order valence-electron chi connectivity index (χ0n) is 12.7. The Balaban J connectivity index is 1.79. The van der Waals surface area contributed by atoms with Gasteiger partial charge in [0.1, 0.15) is 0 Å². The van der Waals surface area contributed by atoms with E-state index in [1.54, 1.807) is 0 Å². The number of hydrogen-bond donors (Lipinski definition) is 1. The molecule has 0 radical (unpaired) electrons. The minimum atomic E-state index is 0.585. The van der Waals surface area contributed by atoms with Gasteiger partial charge in [0.05, 0.1) is 0 Å². The van der Waals surface area contributed by atoms with Gasteiger partial charge in [-0.3, -0.25) is 0 Å². The number of hydrogen-bond acceptors (Lipinski definition) is 2. The smallest absolute Gasteiger partial charge is 0.00925 e. The molecule has 1 saturated heterocycles. The summed E-state index contributed by atoms with van der Waals surface area (Å²) in [5.41, 5.74) is 0.585. The van der Waals surface area contributed by atoms with Gasteiger partial charge in [-0.2, -0.15) is 0 Å². The largest absolute Gasteiger partial charge is 0.316 e. The number of nitrogens with zero attached hydrogens (tertiary/aromatic N) is 1. The predicted molar refractivity (Wildman–Crippen MR) is 78.9 cm³/mol. The Morgan fingerprint density at radius 1 is 1.11 bits per heavy atom. The summed E-state index contributed by atoms with van der Waals surface area (Å²) >= 11 is 0. The Hall–Kier alpha value is -0.0800. The van der Waals surface area contributed by atoms with E-state index in [2.05, 4.69) is 31.1 Å². The molecule has 2 heteroatoms. The number of rotatable bonds is 3. The Bertz CT molecular complexity index is 243. The van der Waals surface area contributed by atoms with Crippen LogP contribution in [-0.2, 0) is 0 Å². The zero-order valence-corrected chi connectivity index (χ0v) is 12.7. The highest BCUT2D eigenvalue weighted by atomic mass is 15.1. The van der Waals surface area contributed by atoms with Crippen LogP contribution in [0.4, 0.5) is 0 Å². The molecule has 2 fully saturated rings. The highest BCUT2D eigenvalue weighted by Gasteiger charge is 2.27. The van der Waals surface area contributed by atoms with E-state index in [4.69, 9.17) is 0 Å². The van der Waals surface area contributed by atoms with Crippen LogP contribution in [0.2, 0.25) is 0 Å². The first-order valence-corrected chi connectivity index (χ1v) is 7.98. The first-order valence-electron chi connectivity index (χ1n) is 7.98. The van der Waals surface area contributed by atoms with E-state index in [9.17, 15) is 0 Å². The molecule has 0 aromatic rings. The van der Waals surface area contributed by atoms with E-state index in [0.717, 1.165) is 12.0 Å². The number of piperidine rings is 1. The average molecular weight is 252 g/mol. The van der Waals surface area contributed by atoms with Gasteiger partial charge in [-0.05, 0) is 70.0 Å². The third-order valence-electron chi connectivity index (χ3n) is 5.11. The van der Waals surface area contributed by atoms with Crippen molar-refractivity contribution >= 4 is 0 Å². The van der Waals surface area contributed by atoms with Gasteiger partial charge >= 0.3 is 0 Å². The lowest BCUT2D eigenvalue weighted by Crippen LogP contribution is -2.40. The van der Waals surface area contributed by atoms with E-state index in [0.29, 0.717) is 5.41 Å². The fourth-order valence-electron chi connectivity index (χ4n) is 3.72. The van der Waals surface area contributed by atoms with Gasteiger partial charge in [0.2, 0.25) is 0 Å². The molecule has 1 N–H and O–H groups in total. The molecule has 2 nitrogen and oxygen atoms in total. The Kier molecular flexibility index (Phi) is 5.08. The van der Waals surface area contributed by atoms with Crippen molar-refractivity contribution in [1.29, 1.82) is 0 Å². The van der Waals surface area contributed by atoms with E-state index < -0.39 is 0 Å². The van der Waals surface area contributed by atoms with Gasteiger partial charge in [0.15, 0.2) is 0 Å². The lowest BCUT2D eigenvalue weighted by Gasteiger charge is -2.33. The van der Waals surface area contributed by atoms with Crippen molar-refractivity contribution in [2.45, 2.75) is 64.8 Å². The van der Waals surface area contributed by atoms with Crippen molar-refractivity contribution in [1.82, 2.24) is 10.2 Å².